The highest BCUT2D eigenvalue weighted by Crippen LogP contribution is 2.27. The van der Waals surface area contributed by atoms with Crippen LogP contribution >= 0.6 is 0 Å². The van der Waals surface area contributed by atoms with Crippen LogP contribution in [0.25, 0.3) is 0 Å². The predicted molar refractivity (Wildman–Crippen MR) is 128 cm³/mol. The highest BCUT2D eigenvalue weighted by Gasteiger charge is 2.28. The lowest BCUT2D eigenvalue weighted by Gasteiger charge is -2.31. The molecule has 9 nitrogen and oxygen atoms in total. The molecule has 0 aliphatic rings. The highest BCUT2D eigenvalue weighted by molar-refractivity contribution is 5.81. The molecule has 2 atom stereocenters. The van der Waals surface area contributed by atoms with E-state index in [2.05, 4.69) is 24.0 Å². The Morgan fingerprint density at radius 3 is 1.94 bits per heavy atom. The first-order valence-corrected chi connectivity index (χ1v) is 10.9. The summed E-state index contributed by atoms with van der Waals surface area (Å²) in [4.78, 5) is 40.4. The van der Waals surface area contributed by atoms with Crippen LogP contribution < -0.4 is 10.8 Å². The van der Waals surface area contributed by atoms with E-state index in [0.29, 0.717) is 0 Å². The van der Waals surface area contributed by atoms with Crippen LogP contribution in [0.4, 0.5) is 4.79 Å². The Hall–Kier alpha value is -3.17. The van der Waals surface area contributed by atoms with Gasteiger partial charge in [0.2, 0.25) is 0 Å². The Bertz CT molecular complexity index is 880. The van der Waals surface area contributed by atoms with Crippen LogP contribution in [-0.4, -0.2) is 43.5 Å². The van der Waals surface area contributed by atoms with Crippen molar-refractivity contribution in [3.8, 4) is 0 Å². The van der Waals surface area contributed by atoms with Gasteiger partial charge in [-0.25, -0.2) is 14.4 Å². The standard InChI is InChI=1S/C25H36N2O7/c1-9-21(28)31-15-17(3)33-23(30)26-24(5,6)19-12-11-13-20(14-19)25(7,8)27-34-18(4)16-32-22(29)10-2/h9-14,17-18,27H,1-2,15-16H2,3-8H3,(H,26,30). The molecule has 0 aliphatic heterocycles. The molecule has 1 amide bonds. The van der Waals surface area contributed by atoms with Crippen molar-refractivity contribution in [2.75, 3.05) is 13.2 Å². The Morgan fingerprint density at radius 1 is 0.912 bits per heavy atom. The fourth-order valence-corrected chi connectivity index (χ4v) is 2.73. The highest BCUT2D eigenvalue weighted by atomic mass is 16.7. The number of alkyl carbamates (subject to hydrolysis) is 1. The number of nitrogens with one attached hydrogen (secondary N) is 2. The minimum atomic E-state index is -0.756. The number of carbonyl (C=O) groups is 3. The number of hydroxylamine groups is 1. The summed E-state index contributed by atoms with van der Waals surface area (Å²) in [6.45, 7) is 17.7. The maximum atomic E-state index is 12.4. The number of ether oxygens (including phenoxy) is 3. The van der Waals surface area contributed by atoms with Gasteiger partial charge in [0.05, 0.1) is 11.1 Å². The van der Waals surface area contributed by atoms with Gasteiger partial charge in [-0.2, -0.15) is 5.48 Å². The summed E-state index contributed by atoms with van der Waals surface area (Å²) in [6.07, 6.45) is 0.495. The largest absolute Gasteiger partial charge is 0.460 e. The summed E-state index contributed by atoms with van der Waals surface area (Å²) in [5.41, 5.74) is 3.42. The van der Waals surface area contributed by atoms with Gasteiger partial charge >= 0.3 is 18.0 Å². The SMILES string of the molecule is C=CC(=O)OCC(C)ONC(C)(C)c1cccc(C(C)(C)NC(=O)OC(C)COC(=O)C=C)c1. The van der Waals surface area contributed by atoms with E-state index in [9.17, 15) is 14.4 Å². The summed E-state index contributed by atoms with van der Waals surface area (Å²) in [5.74, 6) is -1.09. The molecule has 2 N–H and O–H groups in total. The number of hydrogen-bond acceptors (Lipinski definition) is 8. The lowest BCUT2D eigenvalue weighted by atomic mass is 9.88. The fraction of sp³-hybridized carbons (Fsp3) is 0.480. The second-order valence-corrected chi connectivity index (χ2v) is 8.87. The summed E-state index contributed by atoms with van der Waals surface area (Å²) in [6, 6.07) is 7.67. The van der Waals surface area contributed by atoms with Crippen LogP contribution in [0.3, 0.4) is 0 Å². The van der Waals surface area contributed by atoms with Gasteiger partial charge in [0.1, 0.15) is 25.4 Å². The van der Waals surface area contributed by atoms with Crippen molar-refractivity contribution in [2.24, 2.45) is 0 Å². The first-order valence-electron chi connectivity index (χ1n) is 10.9. The molecule has 1 aromatic carbocycles. The molecule has 0 spiro atoms. The molecule has 0 aromatic heterocycles. The fourth-order valence-electron chi connectivity index (χ4n) is 2.73. The van der Waals surface area contributed by atoms with E-state index < -0.39 is 35.2 Å². The third-order valence-electron chi connectivity index (χ3n) is 4.80. The monoisotopic (exact) mass is 476 g/mol. The molecule has 2 unspecified atom stereocenters. The third kappa shape index (κ3) is 9.76. The molecule has 0 aliphatic carbocycles. The maximum Gasteiger partial charge on any atom is 0.408 e. The van der Waals surface area contributed by atoms with Crippen molar-refractivity contribution >= 4 is 18.0 Å². The molecule has 9 heteroatoms. The minimum absolute atomic E-state index is 0.0702. The third-order valence-corrected chi connectivity index (χ3v) is 4.80. The summed E-state index contributed by atoms with van der Waals surface area (Å²) >= 11 is 0. The number of benzene rings is 1. The molecule has 0 saturated heterocycles. The van der Waals surface area contributed by atoms with E-state index in [0.717, 1.165) is 23.3 Å². The second-order valence-electron chi connectivity index (χ2n) is 8.87. The van der Waals surface area contributed by atoms with Gasteiger partial charge in [-0.05, 0) is 52.7 Å². The van der Waals surface area contributed by atoms with Crippen molar-refractivity contribution in [1.82, 2.24) is 10.8 Å². The van der Waals surface area contributed by atoms with Crippen LogP contribution in [0.5, 0.6) is 0 Å². The maximum absolute atomic E-state index is 12.4. The molecule has 0 fully saturated rings. The molecule has 1 rings (SSSR count). The first-order chi connectivity index (χ1) is 15.8. The van der Waals surface area contributed by atoms with Crippen molar-refractivity contribution in [1.29, 1.82) is 0 Å². The number of esters is 2. The predicted octanol–water partition coefficient (Wildman–Crippen LogP) is 3.64. The topological polar surface area (TPSA) is 112 Å². The Balaban J connectivity index is 2.76. The number of rotatable bonds is 13. The van der Waals surface area contributed by atoms with Crippen molar-refractivity contribution in [2.45, 2.75) is 64.8 Å². The summed E-state index contributed by atoms with van der Waals surface area (Å²) in [5, 5.41) is 2.84. The van der Waals surface area contributed by atoms with Gasteiger partial charge in [0, 0.05) is 12.2 Å². The lowest BCUT2D eigenvalue weighted by Crippen LogP contribution is -2.43. The van der Waals surface area contributed by atoms with Crippen molar-refractivity contribution in [3.05, 3.63) is 60.7 Å². The van der Waals surface area contributed by atoms with Gasteiger partial charge < -0.3 is 19.5 Å². The van der Waals surface area contributed by atoms with E-state index in [-0.39, 0.29) is 19.3 Å². The molecular weight excluding hydrogens is 440 g/mol. The molecule has 0 heterocycles. The Kier molecular flexibility index (Phi) is 11.0. The van der Waals surface area contributed by atoms with E-state index in [1.807, 2.05) is 52.0 Å². The molecule has 188 valence electrons. The van der Waals surface area contributed by atoms with Gasteiger partial charge in [0.25, 0.3) is 0 Å². The van der Waals surface area contributed by atoms with Crippen LogP contribution in [0.2, 0.25) is 0 Å². The minimum Gasteiger partial charge on any atom is -0.460 e. The lowest BCUT2D eigenvalue weighted by molar-refractivity contribution is -0.146. The van der Waals surface area contributed by atoms with Crippen molar-refractivity contribution in [3.63, 3.8) is 0 Å². The molecule has 1 aromatic rings. The average molecular weight is 477 g/mol. The average Bonchev–Trinajstić information content (AvgIpc) is 2.79. The molecule has 0 radical (unpaired) electrons. The van der Waals surface area contributed by atoms with Crippen LogP contribution in [-0.2, 0) is 39.7 Å². The quantitative estimate of drug-likeness (QED) is 0.192. The molecule has 34 heavy (non-hydrogen) atoms. The van der Waals surface area contributed by atoms with E-state index >= 15 is 0 Å². The van der Waals surface area contributed by atoms with Crippen LogP contribution in [0, 0.1) is 0 Å². The van der Waals surface area contributed by atoms with Crippen LogP contribution in [0.1, 0.15) is 52.7 Å². The first kappa shape index (κ1) is 28.9. The zero-order chi connectivity index (χ0) is 25.9. The van der Waals surface area contributed by atoms with Gasteiger partial charge in [-0.1, -0.05) is 37.4 Å². The Labute approximate surface area is 201 Å². The van der Waals surface area contributed by atoms with Gasteiger partial charge in [-0.3, -0.25) is 4.84 Å². The zero-order valence-electron chi connectivity index (χ0n) is 20.8. The normalized spacial score (nSPS) is 13.2. The van der Waals surface area contributed by atoms with E-state index in [1.165, 1.54) is 0 Å². The Morgan fingerprint density at radius 2 is 1.41 bits per heavy atom. The summed E-state index contributed by atoms with van der Waals surface area (Å²) < 4.78 is 15.1. The number of carbonyl (C=O) groups excluding carboxylic acids is 3. The second kappa shape index (κ2) is 12.9. The molecule has 0 saturated carbocycles. The van der Waals surface area contributed by atoms with E-state index in [4.69, 9.17) is 19.0 Å². The van der Waals surface area contributed by atoms with Gasteiger partial charge in [0.15, 0.2) is 0 Å². The smallest absolute Gasteiger partial charge is 0.408 e. The van der Waals surface area contributed by atoms with Crippen LogP contribution in [0.15, 0.2) is 49.6 Å². The number of amides is 1. The van der Waals surface area contributed by atoms with Crippen molar-refractivity contribution < 1.29 is 33.4 Å². The number of hydrogen-bond donors (Lipinski definition) is 2. The summed E-state index contributed by atoms with van der Waals surface area (Å²) in [7, 11) is 0. The molecule has 0 bridgehead atoms. The van der Waals surface area contributed by atoms with E-state index in [1.54, 1.807) is 13.8 Å². The zero-order valence-corrected chi connectivity index (χ0v) is 20.8. The molecular formula is C25H36N2O7. The van der Waals surface area contributed by atoms with Gasteiger partial charge in [-0.15, -0.1) is 0 Å².